The van der Waals surface area contributed by atoms with Gasteiger partial charge >= 0.3 is 18.6 Å². The SMILES string of the molecule is CCOC(=O)/C=C/c1ccc(NC(=O)NCc2ccc(OC(F)F)cc2)cc1. The molecule has 0 fully saturated rings. The van der Waals surface area contributed by atoms with Gasteiger partial charge in [0, 0.05) is 18.3 Å². The average Bonchev–Trinajstić information content (AvgIpc) is 2.67. The molecule has 0 aliphatic rings. The number of benzene rings is 2. The van der Waals surface area contributed by atoms with Crippen LogP contribution in [0.4, 0.5) is 19.3 Å². The number of carbonyl (C=O) groups excluding carboxylic acids is 2. The summed E-state index contributed by atoms with van der Waals surface area (Å²) in [6.07, 6.45) is 2.94. The van der Waals surface area contributed by atoms with E-state index in [-0.39, 0.29) is 12.3 Å². The lowest BCUT2D eigenvalue weighted by atomic mass is 10.2. The highest BCUT2D eigenvalue weighted by atomic mass is 19.3. The van der Waals surface area contributed by atoms with Crippen LogP contribution >= 0.6 is 0 Å². The molecule has 0 unspecified atom stereocenters. The lowest BCUT2D eigenvalue weighted by Gasteiger charge is -2.09. The van der Waals surface area contributed by atoms with Crippen molar-refractivity contribution in [1.82, 2.24) is 5.32 Å². The van der Waals surface area contributed by atoms with E-state index in [9.17, 15) is 18.4 Å². The van der Waals surface area contributed by atoms with Crippen molar-refractivity contribution in [2.45, 2.75) is 20.1 Å². The second kappa shape index (κ2) is 10.7. The zero-order valence-corrected chi connectivity index (χ0v) is 15.2. The summed E-state index contributed by atoms with van der Waals surface area (Å²) in [5.41, 5.74) is 2.09. The summed E-state index contributed by atoms with van der Waals surface area (Å²) >= 11 is 0. The molecule has 6 nitrogen and oxygen atoms in total. The summed E-state index contributed by atoms with van der Waals surface area (Å²) < 4.78 is 33.3. The minimum Gasteiger partial charge on any atom is -0.463 e. The van der Waals surface area contributed by atoms with Crippen LogP contribution in [0.15, 0.2) is 54.6 Å². The van der Waals surface area contributed by atoms with Crippen LogP contribution in [0.2, 0.25) is 0 Å². The molecule has 2 rings (SSSR count). The Labute approximate surface area is 161 Å². The number of rotatable bonds is 8. The van der Waals surface area contributed by atoms with E-state index in [1.807, 2.05) is 0 Å². The van der Waals surface area contributed by atoms with Crippen LogP contribution in [0, 0.1) is 0 Å². The van der Waals surface area contributed by atoms with Gasteiger partial charge in [0.15, 0.2) is 0 Å². The van der Waals surface area contributed by atoms with Crippen molar-refractivity contribution in [1.29, 1.82) is 0 Å². The highest BCUT2D eigenvalue weighted by Gasteiger charge is 2.05. The van der Waals surface area contributed by atoms with Crippen molar-refractivity contribution in [2.75, 3.05) is 11.9 Å². The fourth-order valence-corrected chi connectivity index (χ4v) is 2.18. The zero-order valence-electron chi connectivity index (χ0n) is 15.2. The van der Waals surface area contributed by atoms with Crippen LogP contribution in [-0.4, -0.2) is 25.2 Å². The monoisotopic (exact) mass is 390 g/mol. The quantitative estimate of drug-likeness (QED) is 0.524. The van der Waals surface area contributed by atoms with Gasteiger partial charge in [0.2, 0.25) is 0 Å². The van der Waals surface area contributed by atoms with E-state index in [1.165, 1.54) is 18.2 Å². The van der Waals surface area contributed by atoms with Gasteiger partial charge in [-0.1, -0.05) is 24.3 Å². The fourth-order valence-electron chi connectivity index (χ4n) is 2.18. The predicted octanol–water partition coefficient (Wildman–Crippen LogP) is 4.19. The van der Waals surface area contributed by atoms with E-state index in [1.54, 1.807) is 49.4 Å². The molecule has 0 saturated heterocycles. The summed E-state index contributed by atoms with van der Waals surface area (Å²) in [4.78, 5) is 23.2. The first kappa shape index (κ1) is 20.9. The Morgan fingerprint density at radius 2 is 1.75 bits per heavy atom. The number of hydrogen-bond acceptors (Lipinski definition) is 4. The second-order valence-electron chi connectivity index (χ2n) is 5.54. The number of alkyl halides is 2. The van der Waals surface area contributed by atoms with Crippen molar-refractivity contribution in [3.63, 3.8) is 0 Å². The molecule has 0 aromatic heterocycles. The van der Waals surface area contributed by atoms with E-state index >= 15 is 0 Å². The van der Waals surface area contributed by atoms with E-state index in [4.69, 9.17) is 4.74 Å². The van der Waals surface area contributed by atoms with E-state index in [2.05, 4.69) is 15.4 Å². The van der Waals surface area contributed by atoms with Crippen molar-refractivity contribution in [3.8, 4) is 5.75 Å². The summed E-state index contributed by atoms with van der Waals surface area (Å²) in [7, 11) is 0. The van der Waals surface area contributed by atoms with Crippen LogP contribution in [0.25, 0.3) is 6.08 Å². The summed E-state index contributed by atoms with van der Waals surface area (Å²) in [6.45, 7) is -0.605. The number of anilines is 1. The topological polar surface area (TPSA) is 76.7 Å². The van der Waals surface area contributed by atoms with Crippen LogP contribution < -0.4 is 15.4 Å². The van der Waals surface area contributed by atoms with Crippen LogP contribution in [0.5, 0.6) is 5.75 Å². The van der Waals surface area contributed by atoms with Crippen LogP contribution in [0.1, 0.15) is 18.1 Å². The van der Waals surface area contributed by atoms with E-state index < -0.39 is 18.6 Å². The normalized spacial score (nSPS) is 10.7. The van der Waals surface area contributed by atoms with Crippen LogP contribution in [0.3, 0.4) is 0 Å². The van der Waals surface area contributed by atoms with Gasteiger partial charge in [-0.15, -0.1) is 0 Å². The molecule has 0 aliphatic heterocycles. The number of hydrogen-bond donors (Lipinski definition) is 2. The number of urea groups is 1. The van der Waals surface area contributed by atoms with E-state index in [0.717, 1.165) is 11.1 Å². The number of ether oxygens (including phenoxy) is 2. The van der Waals surface area contributed by atoms with Gasteiger partial charge in [0.1, 0.15) is 5.75 Å². The van der Waals surface area contributed by atoms with Gasteiger partial charge in [-0.3, -0.25) is 0 Å². The molecule has 0 heterocycles. The summed E-state index contributed by atoms with van der Waals surface area (Å²) in [5.74, 6) is -0.363. The summed E-state index contributed by atoms with van der Waals surface area (Å²) in [5, 5.41) is 5.33. The largest absolute Gasteiger partial charge is 0.463 e. The van der Waals surface area contributed by atoms with Gasteiger partial charge in [0.25, 0.3) is 0 Å². The molecular formula is C20H20F2N2O4. The molecule has 0 aliphatic carbocycles. The number of nitrogens with one attached hydrogen (secondary N) is 2. The Morgan fingerprint density at radius 1 is 1.07 bits per heavy atom. The minimum absolute atomic E-state index is 0.0558. The van der Waals surface area contributed by atoms with Gasteiger partial charge in [-0.2, -0.15) is 8.78 Å². The first-order valence-electron chi connectivity index (χ1n) is 8.49. The smallest absolute Gasteiger partial charge is 0.387 e. The minimum atomic E-state index is -2.87. The fraction of sp³-hybridized carbons (Fsp3) is 0.200. The number of esters is 1. The van der Waals surface area contributed by atoms with Crippen molar-refractivity contribution in [3.05, 3.63) is 65.7 Å². The third-order valence-electron chi connectivity index (χ3n) is 3.47. The molecule has 0 radical (unpaired) electrons. The lowest BCUT2D eigenvalue weighted by molar-refractivity contribution is -0.137. The Kier molecular flexibility index (Phi) is 7.95. The number of amides is 2. The number of halogens is 2. The maximum atomic E-state index is 12.1. The molecule has 0 bridgehead atoms. The number of carbonyl (C=O) groups is 2. The Hall–Kier alpha value is -3.42. The molecule has 0 atom stereocenters. The van der Waals surface area contributed by atoms with Gasteiger partial charge in [-0.05, 0) is 48.4 Å². The molecule has 8 heteroatoms. The van der Waals surface area contributed by atoms with Gasteiger partial charge in [-0.25, -0.2) is 9.59 Å². The maximum absolute atomic E-state index is 12.1. The highest BCUT2D eigenvalue weighted by Crippen LogP contribution is 2.15. The third-order valence-corrected chi connectivity index (χ3v) is 3.47. The first-order chi connectivity index (χ1) is 13.5. The average molecular weight is 390 g/mol. The standard InChI is InChI=1S/C20H20F2N2O4/c1-2-27-18(25)12-7-14-3-8-16(9-4-14)24-20(26)23-13-15-5-10-17(11-6-15)28-19(21)22/h3-12,19H,2,13H2,1H3,(H2,23,24,26)/b12-7+. The molecule has 2 amide bonds. The van der Waals surface area contributed by atoms with Crippen molar-refractivity contribution < 1.29 is 27.8 Å². The Bertz CT molecular complexity index is 806. The van der Waals surface area contributed by atoms with Crippen LogP contribution in [-0.2, 0) is 16.1 Å². The molecular weight excluding hydrogens is 370 g/mol. The van der Waals surface area contributed by atoms with E-state index in [0.29, 0.717) is 12.3 Å². The van der Waals surface area contributed by atoms with Crippen molar-refractivity contribution in [2.24, 2.45) is 0 Å². The van der Waals surface area contributed by atoms with Gasteiger partial charge < -0.3 is 20.1 Å². The predicted molar refractivity (Wildman–Crippen MR) is 101 cm³/mol. The summed E-state index contributed by atoms with van der Waals surface area (Å²) in [6, 6.07) is 12.4. The molecule has 0 saturated carbocycles. The highest BCUT2D eigenvalue weighted by molar-refractivity contribution is 5.90. The van der Waals surface area contributed by atoms with Gasteiger partial charge in [0.05, 0.1) is 6.61 Å². The molecule has 148 valence electrons. The first-order valence-corrected chi connectivity index (χ1v) is 8.49. The zero-order chi connectivity index (χ0) is 20.4. The Balaban J connectivity index is 1.80. The Morgan fingerprint density at radius 3 is 2.36 bits per heavy atom. The second-order valence-corrected chi connectivity index (χ2v) is 5.54. The maximum Gasteiger partial charge on any atom is 0.387 e. The molecule has 0 spiro atoms. The third kappa shape index (κ3) is 7.45. The molecule has 2 aromatic rings. The van der Waals surface area contributed by atoms with Crippen molar-refractivity contribution >= 4 is 23.8 Å². The molecule has 2 N–H and O–H groups in total. The lowest BCUT2D eigenvalue weighted by Crippen LogP contribution is -2.28. The molecule has 2 aromatic carbocycles. The molecule has 28 heavy (non-hydrogen) atoms.